The average molecular weight is 277 g/mol. The number of aliphatic hydroxyl groups is 1. The summed E-state index contributed by atoms with van der Waals surface area (Å²) in [6.07, 6.45) is 5.17. The molecule has 1 aromatic heterocycles. The van der Waals surface area contributed by atoms with Crippen LogP contribution in [0.2, 0.25) is 0 Å². The normalized spacial score (nSPS) is 18.2. The topological polar surface area (TPSA) is 48.4 Å². The largest absolute Gasteiger partial charge is 0.393 e. The zero-order chi connectivity index (χ0) is 14.4. The van der Waals surface area contributed by atoms with Gasteiger partial charge in [0.1, 0.15) is 5.82 Å². The Morgan fingerprint density at radius 3 is 2.65 bits per heavy atom. The lowest BCUT2D eigenvalue weighted by molar-refractivity contribution is 0.163. The molecule has 4 nitrogen and oxygen atoms in total. The van der Waals surface area contributed by atoms with Crippen LogP contribution in [-0.2, 0) is 6.54 Å². The number of nitrogens with zero attached hydrogens (tertiary/aromatic N) is 2. The fraction of sp³-hybridized carbons (Fsp3) is 0.688. The molecule has 20 heavy (non-hydrogen) atoms. The molecular formula is C16H27N3O. The maximum Gasteiger partial charge on any atom is 0.128 e. The van der Waals surface area contributed by atoms with Crippen molar-refractivity contribution in [2.45, 2.75) is 45.8 Å². The summed E-state index contributed by atoms with van der Waals surface area (Å²) in [5.74, 6) is 1.60. The van der Waals surface area contributed by atoms with Crippen LogP contribution in [0.4, 0.5) is 5.82 Å². The van der Waals surface area contributed by atoms with Crippen LogP contribution in [0.15, 0.2) is 18.3 Å². The number of hydrogen-bond acceptors (Lipinski definition) is 4. The second kappa shape index (κ2) is 7.60. The zero-order valence-electron chi connectivity index (χ0n) is 12.7. The first-order valence-corrected chi connectivity index (χ1v) is 7.74. The fourth-order valence-electron chi connectivity index (χ4n) is 2.78. The molecule has 0 aliphatic carbocycles. The Morgan fingerprint density at radius 1 is 1.30 bits per heavy atom. The van der Waals surface area contributed by atoms with E-state index in [-0.39, 0.29) is 6.10 Å². The minimum absolute atomic E-state index is 0.215. The van der Waals surface area contributed by atoms with E-state index < -0.39 is 0 Å². The Bertz CT molecular complexity index is 385. The molecule has 1 aliphatic heterocycles. The molecule has 0 aromatic carbocycles. The standard InChI is InChI=1S/C16H27N3O/c1-13(9-14(2)20)10-17-11-15-5-6-16(18-12-15)19-7-3-4-8-19/h5-6,12-14,17,20H,3-4,7-11H2,1-2H3. The van der Waals surface area contributed by atoms with Gasteiger partial charge in [-0.1, -0.05) is 13.0 Å². The van der Waals surface area contributed by atoms with E-state index in [4.69, 9.17) is 0 Å². The first kappa shape index (κ1) is 15.3. The van der Waals surface area contributed by atoms with Crippen LogP contribution in [0.1, 0.15) is 38.7 Å². The highest BCUT2D eigenvalue weighted by Gasteiger charge is 2.12. The summed E-state index contributed by atoms with van der Waals surface area (Å²) in [6.45, 7) is 8.06. The van der Waals surface area contributed by atoms with Crippen molar-refractivity contribution in [3.8, 4) is 0 Å². The van der Waals surface area contributed by atoms with Gasteiger partial charge in [-0.2, -0.15) is 0 Å². The fourth-order valence-corrected chi connectivity index (χ4v) is 2.78. The summed E-state index contributed by atoms with van der Waals surface area (Å²) in [5, 5.41) is 12.8. The Hall–Kier alpha value is -1.13. The molecule has 1 aromatic rings. The monoisotopic (exact) mass is 277 g/mol. The van der Waals surface area contributed by atoms with Gasteiger partial charge >= 0.3 is 0 Å². The van der Waals surface area contributed by atoms with E-state index in [1.165, 1.54) is 18.4 Å². The first-order valence-electron chi connectivity index (χ1n) is 7.74. The number of nitrogens with one attached hydrogen (secondary N) is 1. The third-order valence-corrected chi connectivity index (χ3v) is 3.80. The highest BCUT2D eigenvalue weighted by atomic mass is 16.3. The molecule has 2 unspecified atom stereocenters. The lowest BCUT2D eigenvalue weighted by atomic mass is 10.0. The van der Waals surface area contributed by atoms with E-state index in [1.54, 1.807) is 0 Å². The average Bonchev–Trinajstić information content (AvgIpc) is 2.92. The molecule has 2 atom stereocenters. The molecule has 1 aliphatic rings. The number of rotatable bonds is 7. The Morgan fingerprint density at radius 2 is 2.05 bits per heavy atom. The molecule has 4 heteroatoms. The summed E-state index contributed by atoms with van der Waals surface area (Å²) in [7, 11) is 0. The Balaban J connectivity index is 1.73. The first-order chi connectivity index (χ1) is 9.65. The Labute approximate surface area is 122 Å². The summed E-state index contributed by atoms with van der Waals surface area (Å²) >= 11 is 0. The SMILES string of the molecule is CC(O)CC(C)CNCc1ccc(N2CCCC2)nc1. The molecule has 1 fully saturated rings. The van der Waals surface area contributed by atoms with Crippen LogP contribution in [0.5, 0.6) is 0 Å². The molecule has 0 saturated carbocycles. The molecule has 0 radical (unpaired) electrons. The number of anilines is 1. The molecular weight excluding hydrogens is 250 g/mol. The van der Waals surface area contributed by atoms with Gasteiger partial charge in [-0.25, -0.2) is 4.98 Å². The van der Waals surface area contributed by atoms with Crippen molar-refractivity contribution in [2.24, 2.45) is 5.92 Å². The van der Waals surface area contributed by atoms with E-state index in [2.05, 4.69) is 34.3 Å². The molecule has 0 bridgehead atoms. The van der Waals surface area contributed by atoms with Crippen molar-refractivity contribution in [2.75, 3.05) is 24.5 Å². The van der Waals surface area contributed by atoms with Crippen LogP contribution < -0.4 is 10.2 Å². The zero-order valence-corrected chi connectivity index (χ0v) is 12.7. The minimum atomic E-state index is -0.215. The highest BCUT2D eigenvalue weighted by Crippen LogP contribution is 2.17. The van der Waals surface area contributed by atoms with Gasteiger partial charge < -0.3 is 15.3 Å². The minimum Gasteiger partial charge on any atom is -0.393 e. The molecule has 0 amide bonds. The molecule has 1 saturated heterocycles. The van der Waals surface area contributed by atoms with Crippen molar-refractivity contribution in [1.29, 1.82) is 0 Å². The van der Waals surface area contributed by atoms with Crippen molar-refractivity contribution in [1.82, 2.24) is 10.3 Å². The molecule has 112 valence electrons. The van der Waals surface area contributed by atoms with Crippen molar-refractivity contribution in [3.63, 3.8) is 0 Å². The molecule has 2 rings (SSSR count). The summed E-state index contributed by atoms with van der Waals surface area (Å²) in [4.78, 5) is 6.90. The third kappa shape index (κ3) is 4.76. The van der Waals surface area contributed by atoms with Gasteiger partial charge in [-0.05, 0) is 50.3 Å². The van der Waals surface area contributed by atoms with Gasteiger partial charge in [0.25, 0.3) is 0 Å². The smallest absolute Gasteiger partial charge is 0.128 e. The van der Waals surface area contributed by atoms with Crippen molar-refractivity contribution < 1.29 is 5.11 Å². The highest BCUT2D eigenvalue weighted by molar-refractivity contribution is 5.40. The second-order valence-corrected chi connectivity index (χ2v) is 6.04. The van der Waals surface area contributed by atoms with Crippen LogP contribution in [0.25, 0.3) is 0 Å². The van der Waals surface area contributed by atoms with Crippen molar-refractivity contribution in [3.05, 3.63) is 23.9 Å². The predicted molar refractivity (Wildman–Crippen MR) is 82.9 cm³/mol. The predicted octanol–water partition coefficient (Wildman–Crippen LogP) is 2.18. The summed E-state index contributed by atoms with van der Waals surface area (Å²) in [6, 6.07) is 4.29. The van der Waals surface area contributed by atoms with E-state index >= 15 is 0 Å². The maximum atomic E-state index is 9.33. The lowest BCUT2D eigenvalue weighted by Gasteiger charge is -2.17. The van der Waals surface area contributed by atoms with E-state index in [0.29, 0.717) is 5.92 Å². The molecule has 2 N–H and O–H groups in total. The van der Waals surface area contributed by atoms with Crippen LogP contribution >= 0.6 is 0 Å². The molecule has 0 spiro atoms. The van der Waals surface area contributed by atoms with Crippen LogP contribution in [-0.4, -0.2) is 35.8 Å². The number of aromatic nitrogens is 1. The van der Waals surface area contributed by atoms with E-state index in [9.17, 15) is 5.11 Å². The summed E-state index contributed by atoms with van der Waals surface area (Å²) < 4.78 is 0. The van der Waals surface area contributed by atoms with Crippen molar-refractivity contribution >= 4 is 5.82 Å². The number of aliphatic hydroxyl groups excluding tert-OH is 1. The van der Waals surface area contributed by atoms with Gasteiger partial charge in [-0.3, -0.25) is 0 Å². The van der Waals surface area contributed by atoms with Gasteiger partial charge in [-0.15, -0.1) is 0 Å². The van der Waals surface area contributed by atoms with Gasteiger partial charge in [0, 0.05) is 25.8 Å². The van der Waals surface area contributed by atoms with Crippen LogP contribution in [0.3, 0.4) is 0 Å². The van der Waals surface area contributed by atoms with E-state index in [1.807, 2.05) is 13.1 Å². The Kier molecular flexibility index (Phi) is 5.80. The van der Waals surface area contributed by atoms with Gasteiger partial charge in [0.15, 0.2) is 0 Å². The molecule has 2 heterocycles. The second-order valence-electron chi connectivity index (χ2n) is 6.04. The van der Waals surface area contributed by atoms with Crippen LogP contribution in [0, 0.1) is 5.92 Å². The lowest BCUT2D eigenvalue weighted by Crippen LogP contribution is -2.23. The van der Waals surface area contributed by atoms with Gasteiger partial charge in [0.2, 0.25) is 0 Å². The third-order valence-electron chi connectivity index (χ3n) is 3.80. The quantitative estimate of drug-likeness (QED) is 0.802. The number of pyridine rings is 1. The maximum absolute atomic E-state index is 9.33. The summed E-state index contributed by atoms with van der Waals surface area (Å²) in [5.41, 5.74) is 1.22. The van der Waals surface area contributed by atoms with Gasteiger partial charge in [0.05, 0.1) is 6.10 Å². The number of hydrogen-bond donors (Lipinski definition) is 2. The van der Waals surface area contributed by atoms with E-state index in [0.717, 1.165) is 38.4 Å².